The second kappa shape index (κ2) is 9.02. The molecule has 1 aliphatic carbocycles. The fourth-order valence-electron chi connectivity index (χ4n) is 4.79. The van der Waals surface area contributed by atoms with Gasteiger partial charge in [-0.3, -0.25) is 0 Å². The maximum atomic E-state index is 15.6. The molecule has 3 atom stereocenters. The fourth-order valence-corrected chi connectivity index (χ4v) is 5.66. The smallest absolute Gasteiger partial charge is 0.318 e. The van der Waals surface area contributed by atoms with Crippen molar-refractivity contribution in [2.75, 3.05) is 19.5 Å². The number of amides is 2. The van der Waals surface area contributed by atoms with Crippen molar-refractivity contribution >= 4 is 16.1 Å². The van der Waals surface area contributed by atoms with Crippen LogP contribution in [0, 0.1) is 11.2 Å². The lowest BCUT2D eigenvalue weighted by Crippen LogP contribution is -2.52. The van der Waals surface area contributed by atoms with Crippen LogP contribution in [0.2, 0.25) is 0 Å². The van der Waals surface area contributed by atoms with E-state index < -0.39 is 46.7 Å². The average Bonchev–Trinajstić information content (AvgIpc) is 3.50. The van der Waals surface area contributed by atoms with Crippen molar-refractivity contribution in [3.8, 4) is 11.1 Å². The summed E-state index contributed by atoms with van der Waals surface area (Å²) < 4.78 is 55.6. The minimum Gasteiger partial charge on any atom is -0.333 e. The van der Waals surface area contributed by atoms with Crippen LogP contribution in [0.15, 0.2) is 48.5 Å². The summed E-state index contributed by atoms with van der Waals surface area (Å²) in [5, 5.41) is 2.63. The number of nitrogens with one attached hydrogen (secondary N) is 2. The van der Waals surface area contributed by atoms with Gasteiger partial charge in [-0.25, -0.2) is 26.7 Å². The van der Waals surface area contributed by atoms with Crippen LogP contribution in [-0.2, 0) is 16.4 Å². The molecule has 1 saturated heterocycles. The highest BCUT2D eigenvalue weighted by Crippen LogP contribution is 2.55. The van der Waals surface area contributed by atoms with Crippen molar-refractivity contribution in [3.63, 3.8) is 0 Å². The van der Waals surface area contributed by atoms with Crippen LogP contribution in [-0.4, -0.2) is 56.9 Å². The Kier molecular flexibility index (Phi) is 6.46. The second-order valence-electron chi connectivity index (χ2n) is 9.28. The first-order chi connectivity index (χ1) is 15.6. The maximum absolute atomic E-state index is 15.6. The molecule has 0 aromatic heterocycles. The zero-order valence-corrected chi connectivity index (χ0v) is 19.5. The van der Waals surface area contributed by atoms with Crippen molar-refractivity contribution in [2.24, 2.45) is 5.41 Å². The molecule has 9 heteroatoms. The zero-order chi connectivity index (χ0) is 23.8. The molecular formula is C24H29F2N3O3S. The second-order valence-corrected chi connectivity index (χ2v) is 11.1. The van der Waals surface area contributed by atoms with E-state index in [1.165, 1.54) is 0 Å². The summed E-state index contributed by atoms with van der Waals surface area (Å²) in [6, 6.07) is 12.0. The van der Waals surface area contributed by atoms with E-state index in [0.29, 0.717) is 17.7 Å². The van der Waals surface area contributed by atoms with Gasteiger partial charge >= 0.3 is 6.03 Å². The lowest BCUT2D eigenvalue weighted by Gasteiger charge is -2.30. The number of likely N-dealkylation sites (tertiary alicyclic amines) is 1. The lowest BCUT2D eigenvalue weighted by molar-refractivity contribution is 0.183. The first-order valence-electron chi connectivity index (χ1n) is 11.1. The molecule has 2 aliphatic rings. The number of sulfonamides is 1. The van der Waals surface area contributed by atoms with Crippen LogP contribution < -0.4 is 10.0 Å². The number of halogens is 2. The Balaban J connectivity index is 1.69. The van der Waals surface area contributed by atoms with Gasteiger partial charge in [0.25, 0.3) is 0 Å². The minimum absolute atomic E-state index is 0.138. The zero-order valence-electron chi connectivity index (χ0n) is 18.7. The van der Waals surface area contributed by atoms with Crippen molar-refractivity contribution in [2.45, 2.75) is 44.3 Å². The van der Waals surface area contributed by atoms with Crippen molar-refractivity contribution in [3.05, 3.63) is 59.9 Å². The van der Waals surface area contributed by atoms with E-state index in [1.807, 2.05) is 30.3 Å². The number of carbonyl (C=O) groups is 1. The Labute approximate surface area is 193 Å². The molecule has 1 heterocycles. The highest BCUT2D eigenvalue weighted by atomic mass is 32.2. The lowest BCUT2D eigenvalue weighted by atomic mass is 9.91. The Hall–Kier alpha value is -2.52. The van der Waals surface area contributed by atoms with Crippen LogP contribution in [0.4, 0.5) is 13.6 Å². The summed E-state index contributed by atoms with van der Waals surface area (Å²) in [6.45, 7) is 1.19. The third-order valence-electron chi connectivity index (χ3n) is 6.62. The third kappa shape index (κ3) is 5.04. The molecular weight excluding hydrogens is 448 g/mol. The summed E-state index contributed by atoms with van der Waals surface area (Å²) in [6.07, 6.45) is 2.76. The summed E-state index contributed by atoms with van der Waals surface area (Å²) in [5.41, 5.74) is 1.20. The Morgan fingerprint density at radius 2 is 1.88 bits per heavy atom. The van der Waals surface area contributed by atoms with E-state index in [0.717, 1.165) is 24.7 Å². The molecule has 0 bridgehead atoms. The molecule has 6 nitrogen and oxygen atoms in total. The van der Waals surface area contributed by atoms with Gasteiger partial charge in [-0.1, -0.05) is 48.5 Å². The fraction of sp³-hybridized carbons (Fsp3) is 0.458. The number of rotatable bonds is 7. The first-order valence-corrected chi connectivity index (χ1v) is 13.0. The van der Waals surface area contributed by atoms with E-state index in [4.69, 9.17) is 0 Å². The van der Waals surface area contributed by atoms with Crippen LogP contribution in [0.1, 0.15) is 25.3 Å². The van der Waals surface area contributed by atoms with E-state index in [-0.39, 0.29) is 11.8 Å². The minimum atomic E-state index is -3.56. The molecule has 2 aromatic carbocycles. The number of hydrogen-bond acceptors (Lipinski definition) is 3. The van der Waals surface area contributed by atoms with Crippen LogP contribution in [0.3, 0.4) is 0 Å². The Bertz CT molecular complexity index is 1120. The predicted octanol–water partition coefficient (Wildman–Crippen LogP) is 3.49. The van der Waals surface area contributed by atoms with Crippen LogP contribution >= 0.6 is 0 Å². The van der Waals surface area contributed by atoms with Crippen LogP contribution in [0.25, 0.3) is 11.1 Å². The third-order valence-corrected chi connectivity index (χ3v) is 7.30. The van der Waals surface area contributed by atoms with Gasteiger partial charge in [0.2, 0.25) is 10.0 Å². The highest BCUT2D eigenvalue weighted by molar-refractivity contribution is 7.88. The van der Waals surface area contributed by atoms with Gasteiger partial charge in [0.1, 0.15) is 12.5 Å². The van der Waals surface area contributed by atoms with E-state index in [1.54, 1.807) is 30.0 Å². The normalized spacial score (nSPS) is 22.4. The first kappa shape index (κ1) is 23.6. The van der Waals surface area contributed by atoms with Gasteiger partial charge in [-0.05, 0) is 37.3 Å². The number of hydrogen-bond donors (Lipinski definition) is 2. The van der Waals surface area contributed by atoms with Gasteiger partial charge in [0.05, 0.1) is 18.3 Å². The monoisotopic (exact) mass is 477 g/mol. The summed E-state index contributed by atoms with van der Waals surface area (Å²) >= 11 is 0. The number of carbonyl (C=O) groups excluding carboxylic acids is 1. The average molecular weight is 478 g/mol. The van der Waals surface area contributed by atoms with Crippen molar-refractivity contribution in [1.29, 1.82) is 0 Å². The molecule has 4 rings (SSSR count). The molecule has 178 valence electrons. The summed E-state index contributed by atoms with van der Waals surface area (Å²) in [4.78, 5) is 14.5. The predicted molar refractivity (Wildman–Crippen MR) is 123 cm³/mol. The molecule has 1 spiro atoms. The number of urea groups is 1. The van der Waals surface area contributed by atoms with Crippen LogP contribution in [0.5, 0.6) is 0 Å². The summed E-state index contributed by atoms with van der Waals surface area (Å²) in [7, 11) is -3.56. The molecule has 2 aromatic rings. The number of benzene rings is 2. The Morgan fingerprint density at radius 1 is 1.18 bits per heavy atom. The molecule has 2 N–H and O–H groups in total. The standard InChI is InChI=1S/C24H29F2N3O3S/c1-16(14-25)27-23(30)29-15-24(11-12-24)22(28-33(2,31)32)20(29)13-18-9-6-10-19(21(18)26)17-7-4-3-5-8-17/h3-10,16,20,22,28H,11-15H2,1-2H3,(H,27,30)/t16-,20-,22+/m0/s1. The Morgan fingerprint density at radius 3 is 2.48 bits per heavy atom. The summed E-state index contributed by atoms with van der Waals surface area (Å²) in [5.74, 6) is -0.393. The van der Waals surface area contributed by atoms with Gasteiger partial charge in [-0.2, -0.15) is 0 Å². The molecule has 1 aliphatic heterocycles. The molecule has 33 heavy (non-hydrogen) atoms. The van der Waals surface area contributed by atoms with E-state index in [9.17, 15) is 17.6 Å². The topological polar surface area (TPSA) is 78.5 Å². The molecule has 0 unspecified atom stereocenters. The van der Waals surface area contributed by atoms with E-state index >= 15 is 4.39 Å². The quantitative estimate of drug-likeness (QED) is 0.641. The van der Waals surface area contributed by atoms with Crippen molar-refractivity contribution in [1.82, 2.24) is 14.9 Å². The highest BCUT2D eigenvalue weighted by Gasteiger charge is 2.61. The number of nitrogens with zero attached hydrogens (tertiary/aromatic N) is 1. The van der Waals surface area contributed by atoms with Gasteiger partial charge in [0.15, 0.2) is 0 Å². The molecule has 2 fully saturated rings. The van der Waals surface area contributed by atoms with Gasteiger partial charge in [-0.15, -0.1) is 0 Å². The largest absolute Gasteiger partial charge is 0.333 e. The van der Waals surface area contributed by atoms with Gasteiger partial charge in [0, 0.05) is 23.6 Å². The van der Waals surface area contributed by atoms with Crippen molar-refractivity contribution < 1.29 is 22.0 Å². The van der Waals surface area contributed by atoms with Gasteiger partial charge < -0.3 is 10.2 Å². The SMILES string of the molecule is C[C@@H](CF)NC(=O)N1CC2(CC2)[C@H](NS(C)(=O)=O)[C@@H]1Cc1cccc(-c2ccccc2)c1F. The number of alkyl halides is 1. The maximum Gasteiger partial charge on any atom is 0.318 e. The molecule has 1 saturated carbocycles. The molecule has 0 radical (unpaired) electrons. The molecule has 2 amide bonds. The van der Waals surface area contributed by atoms with E-state index in [2.05, 4.69) is 10.0 Å².